The van der Waals surface area contributed by atoms with Crippen molar-refractivity contribution in [1.29, 1.82) is 0 Å². The second kappa shape index (κ2) is 2.73. The molecular formula is C11H21N. The average Bonchev–Trinajstić information content (AvgIpc) is 2.26. The maximum Gasteiger partial charge on any atom is 0.00756 e. The Labute approximate surface area is 76.1 Å². The summed E-state index contributed by atoms with van der Waals surface area (Å²) in [5, 5.41) is 0. The van der Waals surface area contributed by atoms with Crippen molar-refractivity contribution in [3.8, 4) is 0 Å². The summed E-state index contributed by atoms with van der Waals surface area (Å²) < 4.78 is 0. The van der Waals surface area contributed by atoms with Crippen molar-refractivity contribution in [2.75, 3.05) is 6.54 Å². The normalized spacial score (nSPS) is 34.5. The van der Waals surface area contributed by atoms with Gasteiger partial charge in [-0.2, -0.15) is 0 Å². The maximum absolute atomic E-state index is 2.68. The van der Waals surface area contributed by atoms with Gasteiger partial charge in [-0.3, -0.25) is 4.90 Å². The molecule has 1 atom stereocenters. The molecule has 70 valence electrons. The van der Waals surface area contributed by atoms with Crippen LogP contribution in [0.5, 0.6) is 0 Å². The van der Waals surface area contributed by atoms with Crippen molar-refractivity contribution in [2.45, 2.75) is 58.5 Å². The molecule has 0 aromatic heterocycles. The first-order valence-electron chi connectivity index (χ1n) is 5.39. The predicted octanol–water partition coefficient (Wildman–Crippen LogP) is 2.66. The van der Waals surface area contributed by atoms with E-state index in [1.807, 2.05) is 0 Å². The standard InChI is InChI=1S/C11H21N/c1-9(2)12-8-11(5-4-6-11)7-10(12)3/h9-10H,4-8H2,1-3H3/t10-/m1/s1. The van der Waals surface area contributed by atoms with Gasteiger partial charge in [-0.25, -0.2) is 0 Å². The van der Waals surface area contributed by atoms with Gasteiger partial charge in [0, 0.05) is 18.6 Å². The second-order valence-corrected chi connectivity index (χ2v) is 5.17. The van der Waals surface area contributed by atoms with Gasteiger partial charge in [-0.1, -0.05) is 6.42 Å². The minimum Gasteiger partial charge on any atom is -0.298 e. The maximum atomic E-state index is 2.68. The number of rotatable bonds is 1. The quantitative estimate of drug-likeness (QED) is 0.580. The molecule has 0 aromatic carbocycles. The minimum absolute atomic E-state index is 0.750. The highest BCUT2D eigenvalue weighted by molar-refractivity contribution is 4.99. The molecule has 0 amide bonds. The number of likely N-dealkylation sites (tertiary alicyclic amines) is 1. The third-order valence-electron chi connectivity index (χ3n) is 3.89. The fourth-order valence-electron chi connectivity index (χ4n) is 3.08. The lowest BCUT2D eigenvalue weighted by Crippen LogP contribution is -2.37. The molecule has 0 aromatic rings. The highest BCUT2D eigenvalue weighted by Gasteiger charge is 2.46. The first kappa shape index (κ1) is 8.55. The summed E-state index contributed by atoms with van der Waals surface area (Å²) in [6.07, 6.45) is 5.95. The minimum atomic E-state index is 0.750. The van der Waals surface area contributed by atoms with E-state index in [1.54, 1.807) is 0 Å². The lowest BCUT2D eigenvalue weighted by atomic mass is 9.68. The summed E-state index contributed by atoms with van der Waals surface area (Å²) in [7, 11) is 0. The molecule has 2 fully saturated rings. The van der Waals surface area contributed by atoms with Crippen molar-refractivity contribution in [3.05, 3.63) is 0 Å². The third-order valence-corrected chi connectivity index (χ3v) is 3.89. The Hall–Kier alpha value is -0.0400. The van der Waals surface area contributed by atoms with Gasteiger partial charge in [0.25, 0.3) is 0 Å². The molecule has 1 heterocycles. The zero-order valence-electron chi connectivity index (χ0n) is 8.64. The molecule has 0 radical (unpaired) electrons. The molecule has 0 bridgehead atoms. The van der Waals surface area contributed by atoms with E-state index in [1.165, 1.54) is 32.2 Å². The molecule has 1 nitrogen and oxygen atoms in total. The van der Waals surface area contributed by atoms with Crippen LogP contribution in [0.15, 0.2) is 0 Å². The molecule has 1 saturated heterocycles. The van der Waals surface area contributed by atoms with E-state index in [4.69, 9.17) is 0 Å². The summed E-state index contributed by atoms with van der Waals surface area (Å²) in [6.45, 7) is 8.43. The van der Waals surface area contributed by atoms with Crippen LogP contribution in [-0.2, 0) is 0 Å². The predicted molar refractivity (Wildman–Crippen MR) is 52.2 cm³/mol. The summed E-state index contributed by atoms with van der Waals surface area (Å²) in [5.74, 6) is 0. The van der Waals surface area contributed by atoms with Gasteiger partial charge in [0.2, 0.25) is 0 Å². The number of hydrogen-bond acceptors (Lipinski definition) is 1. The molecule has 2 aliphatic rings. The zero-order valence-corrected chi connectivity index (χ0v) is 8.64. The van der Waals surface area contributed by atoms with Crippen LogP contribution in [0, 0.1) is 5.41 Å². The van der Waals surface area contributed by atoms with Crippen LogP contribution in [0.1, 0.15) is 46.5 Å². The van der Waals surface area contributed by atoms with E-state index < -0.39 is 0 Å². The molecule has 1 saturated carbocycles. The van der Waals surface area contributed by atoms with Crippen molar-refractivity contribution in [2.24, 2.45) is 5.41 Å². The Balaban J connectivity index is 2.02. The molecule has 0 N–H and O–H groups in total. The van der Waals surface area contributed by atoms with Gasteiger partial charge < -0.3 is 0 Å². The Morgan fingerprint density at radius 2 is 2.00 bits per heavy atom. The van der Waals surface area contributed by atoms with E-state index >= 15 is 0 Å². The average molecular weight is 167 g/mol. The topological polar surface area (TPSA) is 3.24 Å². The molecule has 1 aliphatic carbocycles. The van der Waals surface area contributed by atoms with E-state index in [0.717, 1.165) is 17.5 Å². The van der Waals surface area contributed by atoms with Crippen molar-refractivity contribution >= 4 is 0 Å². The number of nitrogens with zero attached hydrogens (tertiary/aromatic N) is 1. The Morgan fingerprint density at radius 3 is 2.25 bits per heavy atom. The number of hydrogen-bond donors (Lipinski definition) is 0. The van der Waals surface area contributed by atoms with E-state index in [0.29, 0.717) is 0 Å². The largest absolute Gasteiger partial charge is 0.298 e. The van der Waals surface area contributed by atoms with Crippen LogP contribution >= 0.6 is 0 Å². The Bertz CT molecular complexity index is 170. The monoisotopic (exact) mass is 167 g/mol. The van der Waals surface area contributed by atoms with Crippen LogP contribution in [0.4, 0.5) is 0 Å². The van der Waals surface area contributed by atoms with Crippen molar-refractivity contribution < 1.29 is 0 Å². The summed E-state index contributed by atoms with van der Waals surface area (Å²) >= 11 is 0. The van der Waals surface area contributed by atoms with Crippen LogP contribution in [0.2, 0.25) is 0 Å². The fraction of sp³-hybridized carbons (Fsp3) is 1.00. The lowest BCUT2D eigenvalue weighted by Gasteiger charge is -2.38. The lowest BCUT2D eigenvalue weighted by molar-refractivity contribution is 0.128. The second-order valence-electron chi connectivity index (χ2n) is 5.17. The van der Waals surface area contributed by atoms with Crippen LogP contribution in [-0.4, -0.2) is 23.5 Å². The Morgan fingerprint density at radius 1 is 1.33 bits per heavy atom. The van der Waals surface area contributed by atoms with Crippen LogP contribution in [0.25, 0.3) is 0 Å². The van der Waals surface area contributed by atoms with Crippen molar-refractivity contribution in [1.82, 2.24) is 4.90 Å². The molecule has 12 heavy (non-hydrogen) atoms. The summed E-state index contributed by atoms with van der Waals surface area (Å²) in [5.41, 5.74) is 0.768. The van der Waals surface area contributed by atoms with Crippen LogP contribution < -0.4 is 0 Å². The van der Waals surface area contributed by atoms with Gasteiger partial charge in [0.1, 0.15) is 0 Å². The van der Waals surface area contributed by atoms with E-state index in [2.05, 4.69) is 25.7 Å². The highest BCUT2D eigenvalue weighted by atomic mass is 15.2. The molecular weight excluding hydrogens is 146 g/mol. The van der Waals surface area contributed by atoms with Crippen molar-refractivity contribution in [3.63, 3.8) is 0 Å². The molecule has 1 spiro atoms. The van der Waals surface area contributed by atoms with Crippen LogP contribution in [0.3, 0.4) is 0 Å². The summed E-state index contributed by atoms with van der Waals surface area (Å²) in [4.78, 5) is 2.68. The van der Waals surface area contributed by atoms with E-state index in [9.17, 15) is 0 Å². The van der Waals surface area contributed by atoms with Gasteiger partial charge in [0.05, 0.1) is 0 Å². The van der Waals surface area contributed by atoms with Gasteiger partial charge >= 0.3 is 0 Å². The van der Waals surface area contributed by atoms with E-state index in [-0.39, 0.29) is 0 Å². The zero-order chi connectivity index (χ0) is 8.77. The first-order valence-corrected chi connectivity index (χ1v) is 5.39. The van der Waals surface area contributed by atoms with Gasteiger partial charge in [0.15, 0.2) is 0 Å². The molecule has 2 rings (SSSR count). The summed E-state index contributed by atoms with van der Waals surface area (Å²) in [6, 6.07) is 1.59. The third kappa shape index (κ3) is 1.19. The van der Waals surface area contributed by atoms with Gasteiger partial charge in [-0.15, -0.1) is 0 Å². The first-order chi connectivity index (χ1) is 5.63. The fourth-order valence-corrected chi connectivity index (χ4v) is 3.08. The highest BCUT2D eigenvalue weighted by Crippen LogP contribution is 2.50. The van der Waals surface area contributed by atoms with Gasteiger partial charge in [-0.05, 0) is 45.4 Å². The molecule has 1 aliphatic heterocycles. The molecule has 0 unspecified atom stereocenters. The SMILES string of the molecule is CC(C)N1CC2(CCC2)C[C@H]1C. The smallest absolute Gasteiger partial charge is 0.00756 e. The Kier molecular flexibility index (Phi) is 1.95. The molecule has 1 heteroatoms.